The molecule has 5 nitrogen and oxygen atoms in total. The fourth-order valence-corrected chi connectivity index (χ4v) is 2.40. The summed E-state index contributed by atoms with van der Waals surface area (Å²) in [6.07, 6.45) is 3.70. The van der Waals surface area contributed by atoms with Gasteiger partial charge in [-0.15, -0.1) is 0 Å². The predicted molar refractivity (Wildman–Crippen MR) is 84.7 cm³/mol. The van der Waals surface area contributed by atoms with Gasteiger partial charge in [-0.1, -0.05) is 15.9 Å². The van der Waals surface area contributed by atoms with Crippen LogP contribution in [0.4, 0.5) is 11.6 Å². The minimum absolute atomic E-state index is 0.143. The molecule has 1 aliphatic rings. The first-order chi connectivity index (χ1) is 10.1. The van der Waals surface area contributed by atoms with Gasteiger partial charge in [0.25, 0.3) is 5.91 Å². The average molecular weight is 347 g/mol. The third-order valence-electron chi connectivity index (χ3n) is 3.24. The highest BCUT2D eigenvalue weighted by atomic mass is 79.9. The zero-order valence-corrected chi connectivity index (χ0v) is 13.1. The van der Waals surface area contributed by atoms with Crippen molar-refractivity contribution in [1.29, 1.82) is 0 Å². The molecule has 0 bridgehead atoms. The fourth-order valence-electron chi connectivity index (χ4n) is 1.92. The second-order valence-electron chi connectivity index (χ2n) is 5.10. The third kappa shape index (κ3) is 3.58. The number of nitrogens with zero attached hydrogens (tertiary/aromatic N) is 2. The van der Waals surface area contributed by atoms with Crippen molar-refractivity contribution < 1.29 is 4.79 Å². The molecule has 1 amide bonds. The van der Waals surface area contributed by atoms with Gasteiger partial charge in [-0.2, -0.15) is 0 Å². The molecule has 6 heteroatoms. The van der Waals surface area contributed by atoms with Crippen molar-refractivity contribution >= 4 is 33.5 Å². The Labute approximate surface area is 131 Å². The molecule has 108 valence electrons. The summed E-state index contributed by atoms with van der Waals surface area (Å²) >= 11 is 3.43. The van der Waals surface area contributed by atoms with Gasteiger partial charge < -0.3 is 10.6 Å². The second kappa shape index (κ2) is 5.81. The molecule has 0 aliphatic heterocycles. The van der Waals surface area contributed by atoms with Crippen LogP contribution in [0.1, 0.15) is 28.9 Å². The molecular weight excluding hydrogens is 332 g/mol. The van der Waals surface area contributed by atoms with Crippen molar-refractivity contribution in [2.24, 2.45) is 0 Å². The average Bonchev–Trinajstić information content (AvgIpc) is 3.26. The zero-order valence-electron chi connectivity index (χ0n) is 11.6. The molecule has 0 radical (unpaired) electrons. The molecule has 1 saturated carbocycles. The highest BCUT2D eigenvalue weighted by Crippen LogP contribution is 2.22. The van der Waals surface area contributed by atoms with E-state index in [4.69, 9.17) is 0 Å². The van der Waals surface area contributed by atoms with Crippen LogP contribution < -0.4 is 10.6 Å². The number of halogens is 1. The summed E-state index contributed by atoms with van der Waals surface area (Å²) < 4.78 is 1.02. The number of nitrogens with one attached hydrogen (secondary N) is 2. The summed E-state index contributed by atoms with van der Waals surface area (Å²) in [5.74, 6) is 0.277. The molecule has 2 N–H and O–H groups in total. The molecule has 0 spiro atoms. The number of benzene rings is 1. The fraction of sp³-hybridized carbons (Fsp3) is 0.267. The van der Waals surface area contributed by atoms with Crippen LogP contribution in [-0.4, -0.2) is 21.9 Å². The van der Waals surface area contributed by atoms with Gasteiger partial charge in [0, 0.05) is 22.4 Å². The highest BCUT2D eigenvalue weighted by Gasteiger charge is 2.24. The van der Waals surface area contributed by atoms with E-state index in [0.717, 1.165) is 28.6 Å². The van der Waals surface area contributed by atoms with Gasteiger partial charge in [0.1, 0.15) is 5.69 Å². The molecule has 3 rings (SSSR count). The quantitative estimate of drug-likeness (QED) is 0.892. The number of rotatable bonds is 4. The van der Waals surface area contributed by atoms with Gasteiger partial charge in [-0.25, -0.2) is 9.97 Å². The third-order valence-corrected chi connectivity index (χ3v) is 3.73. The molecule has 2 aromatic rings. The number of anilines is 2. The summed E-state index contributed by atoms with van der Waals surface area (Å²) in [6.45, 7) is 2.00. The van der Waals surface area contributed by atoms with Crippen LogP contribution >= 0.6 is 15.9 Å². The molecule has 1 aromatic heterocycles. The van der Waals surface area contributed by atoms with Crippen molar-refractivity contribution in [3.8, 4) is 0 Å². The summed E-state index contributed by atoms with van der Waals surface area (Å²) in [5.41, 5.74) is 2.37. The highest BCUT2D eigenvalue weighted by molar-refractivity contribution is 9.10. The number of carbonyl (C=O) groups excluding carboxylic acids is 1. The summed E-state index contributed by atoms with van der Waals surface area (Å²) in [7, 11) is 0. The minimum Gasteiger partial charge on any atom is -0.348 e. The maximum atomic E-state index is 12.0. The number of amides is 1. The monoisotopic (exact) mass is 346 g/mol. The normalized spacial score (nSPS) is 13.8. The van der Waals surface area contributed by atoms with E-state index >= 15 is 0 Å². The van der Waals surface area contributed by atoms with Crippen LogP contribution in [0.25, 0.3) is 0 Å². The van der Waals surface area contributed by atoms with Crippen molar-refractivity contribution in [1.82, 2.24) is 15.3 Å². The predicted octanol–water partition coefficient (Wildman–Crippen LogP) is 3.18. The van der Waals surface area contributed by atoms with Crippen molar-refractivity contribution in [2.45, 2.75) is 25.8 Å². The Balaban J connectivity index is 1.77. The Kier molecular flexibility index (Phi) is 3.88. The number of aromatic nitrogens is 2. The van der Waals surface area contributed by atoms with Gasteiger partial charge in [0.05, 0.1) is 0 Å². The second-order valence-corrected chi connectivity index (χ2v) is 6.01. The Morgan fingerprint density at radius 1 is 1.33 bits per heavy atom. The van der Waals surface area contributed by atoms with Crippen molar-refractivity contribution in [2.75, 3.05) is 5.32 Å². The maximum absolute atomic E-state index is 12.0. The Morgan fingerprint density at radius 3 is 2.86 bits per heavy atom. The lowest BCUT2D eigenvalue weighted by atomic mass is 10.2. The van der Waals surface area contributed by atoms with Crippen molar-refractivity contribution in [3.63, 3.8) is 0 Å². The molecule has 0 atom stereocenters. The van der Waals surface area contributed by atoms with E-state index in [1.54, 1.807) is 12.3 Å². The van der Waals surface area contributed by atoms with Gasteiger partial charge >= 0.3 is 0 Å². The molecular formula is C15H15BrN4O. The van der Waals surface area contributed by atoms with Crippen LogP contribution in [0.15, 0.2) is 34.9 Å². The van der Waals surface area contributed by atoms with E-state index in [1.165, 1.54) is 0 Å². The first-order valence-corrected chi connectivity index (χ1v) is 7.58. The van der Waals surface area contributed by atoms with Crippen LogP contribution in [0.3, 0.4) is 0 Å². The van der Waals surface area contributed by atoms with E-state index in [1.807, 2.05) is 25.1 Å². The lowest BCUT2D eigenvalue weighted by Crippen LogP contribution is -2.26. The molecule has 21 heavy (non-hydrogen) atoms. The van der Waals surface area contributed by atoms with E-state index in [9.17, 15) is 4.79 Å². The maximum Gasteiger partial charge on any atom is 0.270 e. The minimum atomic E-state index is -0.143. The number of hydrogen-bond acceptors (Lipinski definition) is 4. The van der Waals surface area contributed by atoms with Gasteiger partial charge in [-0.3, -0.25) is 4.79 Å². The summed E-state index contributed by atoms with van der Waals surface area (Å²) in [4.78, 5) is 20.4. The van der Waals surface area contributed by atoms with Crippen molar-refractivity contribution in [3.05, 3.63) is 46.2 Å². The van der Waals surface area contributed by atoms with Crippen LogP contribution in [0, 0.1) is 6.92 Å². The lowest BCUT2D eigenvalue weighted by molar-refractivity contribution is 0.0946. The SMILES string of the molecule is Cc1cc(Br)ccc1Nc1nccc(C(=O)NC2CC2)n1. The standard InChI is InChI=1S/C15H15BrN4O/c1-9-8-10(16)2-5-12(9)19-15-17-7-6-13(20-15)14(21)18-11-3-4-11/h2,5-8,11H,3-4H2,1H3,(H,18,21)(H,17,19,20). The lowest BCUT2D eigenvalue weighted by Gasteiger charge is -2.09. The van der Waals surface area contributed by atoms with Crippen LogP contribution in [-0.2, 0) is 0 Å². The Morgan fingerprint density at radius 2 is 2.14 bits per heavy atom. The van der Waals surface area contributed by atoms with E-state index in [-0.39, 0.29) is 5.91 Å². The molecule has 0 saturated heterocycles. The molecule has 1 aliphatic carbocycles. The zero-order chi connectivity index (χ0) is 14.8. The largest absolute Gasteiger partial charge is 0.348 e. The van der Waals surface area contributed by atoms with Gasteiger partial charge in [0.2, 0.25) is 5.95 Å². The van der Waals surface area contributed by atoms with E-state index in [2.05, 4.69) is 36.5 Å². The molecule has 1 aromatic carbocycles. The Bertz CT molecular complexity index is 685. The summed E-state index contributed by atoms with van der Waals surface area (Å²) in [5, 5.41) is 6.06. The first-order valence-electron chi connectivity index (χ1n) is 6.79. The van der Waals surface area contributed by atoms with E-state index < -0.39 is 0 Å². The number of aryl methyl sites for hydroxylation is 1. The molecule has 1 fully saturated rings. The topological polar surface area (TPSA) is 66.9 Å². The molecule has 0 unspecified atom stereocenters. The van der Waals surface area contributed by atoms with Crippen LogP contribution in [0.5, 0.6) is 0 Å². The first kappa shape index (κ1) is 14.0. The van der Waals surface area contributed by atoms with E-state index in [0.29, 0.717) is 17.7 Å². The smallest absolute Gasteiger partial charge is 0.270 e. The molecule has 1 heterocycles. The Hall–Kier alpha value is -1.95. The summed E-state index contributed by atoms with van der Waals surface area (Å²) in [6, 6.07) is 7.83. The number of hydrogen-bond donors (Lipinski definition) is 2. The van der Waals surface area contributed by atoms with Crippen LogP contribution in [0.2, 0.25) is 0 Å². The van der Waals surface area contributed by atoms with Gasteiger partial charge in [-0.05, 0) is 49.6 Å². The van der Waals surface area contributed by atoms with Gasteiger partial charge in [0.15, 0.2) is 0 Å². The number of carbonyl (C=O) groups is 1.